The molecule has 2 aliphatic heterocycles. The van der Waals surface area contributed by atoms with Crippen LogP contribution >= 0.6 is 0 Å². The molecule has 5 saturated carbocycles. The molecule has 0 aromatic heterocycles. The third kappa shape index (κ3) is 2.59. The van der Waals surface area contributed by atoms with E-state index in [1.54, 1.807) is 0 Å². The number of likely N-dealkylation sites (tertiary alicyclic amines) is 1. The molecule has 9 rings (SSSR count). The molecular weight excluding hydrogens is 450 g/mol. The van der Waals surface area contributed by atoms with Gasteiger partial charge in [0, 0.05) is 42.0 Å². The zero-order valence-corrected chi connectivity index (χ0v) is 22.1. The van der Waals surface area contributed by atoms with Crippen LogP contribution < -0.4 is 4.74 Å². The lowest BCUT2D eigenvalue weighted by molar-refractivity contribution is -0.303. The van der Waals surface area contributed by atoms with Crippen molar-refractivity contribution in [2.75, 3.05) is 20.2 Å². The molecule has 196 valence electrons. The van der Waals surface area contributed by atoms with E-state index in [1.807, 2.05) is 13.2 Å². The number of rotatable bonds is 6. The summed E-state index contributed by atoms with van der Waals surface area (Å²) in [4.78, 5) is 2.85. The van der Waals surface area contributed by atoms with Gasteiger partial charge in [-0.1, -0.05) is 31.7 Å². The van der Waals surface area contributed by atoms with Crippen molar-refractivity contribution in [1.29, 1.82) is 0 Å². The summed E-state index contributed by atoms with van der Waals surface area (Å²) in [5.41, 5.74) is 1.34. The topological polar surface area (TPSA) is 62.2 Å². The van der Waals surface area contributed by atoms with Crippen LogP contribution in [0.5, 0.6) is 11.5 Å². The minimum atomic E-state index is -0.782. The standard InChI is InChI=1S/C31H43NO4/c1-28(34,16-19-5-3-4-6-19)23-17-29-11-12-31(23,35-2)27-30(29)13-14-32(18-20-7-8-20)24(29)15-21-9-10-22(33)26(36-27)25(21)30/h9-10,19-20,23-24,27,33-34H,3-8,11-18H2,1-2H3/t23-,24-,27-,28-,29-,30+,31-/m1/s1. The van der Waals surface area contributed by atoms with Crippen molar-refractivity contribution in [1.82, 2.24) is 4.90 Å². The van der Waals surface area contributed by atoms with Gasteiger partial charge in [0.2, 0.25) is 0 Å². The number of hydrogen-bond acceptors (Lipinski definition) is 5. The third-order valence-electron chi connectivity index (χ3n) is 12.6. The van der Waals surface area contributed by atoms with Gasteiger partial charge >= 0.3 is 0 Å². The highest BCUT2D eigenvalue weighted by Gasteiger charge is 2.82. The molecule has 2 spiro atoms. The fraction of sp³-hybridized carbons (Fsp3) is 0.806. The number of hydrogen-bond donors (Lipinski definition) is 2. The van der Waals surface area contributed by atoms with E-state index in [1.165, 1.54) is 56.2 Å². The highest BCUT2D eigenvalue weighted by molar-refractivity contribution is 5.63. The van der Waals surface area contributed by atoms with E-state index in [2.05, 4.69) is 17.9 Å². The van der Waals surface area contributed by atoms with Crippen LogP contribution in [-0.4, -0.2) is 58.7 Å². The number of piperidine rings is 1. The van der Waals surface area contributed by atoms with E-state index in [0.717, 1.165) is 56.7 Å². The molecule has 5 nitrogen and oxygen atoms in total. The Hall–Kier alpha value is -1.30. The molecule has 1 aromatic rings. The predicted molar refractivity (Wildman–Crippen MR) is 137 cm³/mol. The molecule has 0 radical (unpaired) electrons. The van der Waals surface area contributed by atoms with Gasteiger partial charge in [0.1, 0.15) is 11.7 Å². The van der Waals surface area contributed by atoms with Crippen molar-refractivity contribution >= 4 is 0 Å². The fourth-order valence-electron chi connectivity index (χ4n) is 11.1. The molecule has 6 fully saturated rings. The Kier molecular flexibility index (Phi) is 4.54. The predicted octanol–water partition coefficient (Wildman–Crippen LogP) is 4.95. The Morgan fingerprint density at radius 3 is 2.67 bits per heavy atom. The first-order valence-electron chi connectivity index (χ1n) is 14.9. The maximum atomic E-state index is 12.3. The summed E-state index contributed by atoms with van der Waals surface area (Å²) in [5, 5.41) is 23.3. The maximum Gasteiger partial charge on any atom is 0.165 e. The van der Waals surface area contributed by atoms with Crippen molar-refractivity contribution in [3.8, 4) is 11.5 Å². The Balaban J connectivity index is 1.30. The van der Waals surface area contributed by atoms with Crippen LogP contribution in [0.15, 0.2) is 12.1 Å². The Bertz CT molecular complexity index is 1090. The second kappa shape index (κ2) is 7.21. The fourth-order valence-corrected chi connectivity index (χ4v) is 11.1. The van der Waals surface area contributed by atoms with E-state index in [9.17, 15) is 10.2 Å². The number of methoxy groups -OCH3 is 1. The molecule has 36 heavy (non-hydrogen) atoms. The van der Waals surface area contributed by atoms with E-state index >= 15 is 0 Å². The first-order chi connectivity index (χ1) is 17.3. The van der Waals surface area contributed by atoms with Gasteiger partial charge in [0.25, 0.3) is 0 Å². The number of fused-ring (bicyclic) bond motifs is 2. The second-order valence-corrected chi connectivity index (χ2v) is 14.1. The zero-order chi connectivity index (χ0) is 24.5. The van der Waals surface area contributed by atoms with Gasteiger partial charge < -0.3 is 19.7 Å². The smallest absolute Gasteiger partial charge is 0.165 e. The zero-order valence-electron chi connectivity index (χ0n) is 22.1. The number of benzene rings is 1. The molecule has 0 unspecified atom stereocenters. The first-order valence-corrected chi connectivity index (χ1v) is 14.9. The van der Waals surface area contributed by atoms with Crippen LogP contribution in [-0.2, 0) is 16.6 Å². The quantitative estimate of drug-likeness (QED) is 0.587. The minimum Gasteiger partial charge on any atom is -0.504 e. The molecule has 6 aliphatic carbocycles. The van der Waals surface area contributed by atoms with Gasteiger partial charge in [0.15, 0.2) is 11.5 Å². The SMILES string of the molecule is CO[C@]12CC[C@@]3(C[C@@H]1[C@](C)(O)CC1CCCC1)[C@H]1Cc4ccc(O)c5c4[C@@]3(CCN1CC1CC1)[C@H]2O5. The first kappa shape index (κ1) is 22.7. The molecule has 2 N–H and O–H groups in total. The molecule has 5 heteroatoms. The summed E-state index contributed by atoms with van der Waals surface area (Å²) in [6.07, 6.45) is 13.8. The number of phenolic OH excluding ortho intramolecular Hbond substituents is 1. The van der Waals surface area contributed by atoms with E-state index in [-0.39, 0.29) is 28.6 Å². The molecule has 2 heterocycles. The third-order valence-corrected chi connectivity index (χ3v) is 12.6. The number of phenols is 1. The van der Waals surface area contributed by atoms with Crippen molar-refractivity contribution in [2.45, 2.75) is 113 Å². The average molecular weight is 494 g/mol. The lowest BCUT2D eigenvalue weighted by atomic mass is 9.33. The molecular formula is C31H43NO4. The molecule has 1 saturated heterocycles. The van der Waals surface area contributed by atoms with E-state index in [4.69, 9.17) is 9.47 Å². The highest BCUT2D eigenvalue weighted by Crippen LogP contribution is 2.77. The van der Waals surface area contributed by atoms with Gasteiger partial charge in [-0.2, -0.15) is 0 Å². The summed E-state index contributed by atoms with van der Waals surface area (Å²) >= 11 is 0. The van der Waals surface area contributed by atoms with Crippen LogP contribution in [0.1, 0.15) is 88.7 Å². The lowest BCUT2D eigenvalue weighted by Gasteiger charge is -2.75. The monoisotopic (exact) mass is 493 g/mol. The summed E-state index contributed by atoms with van der Waals surface area (Å²) in [6, 6.07) is 4.52. The van der Waals surface area contributed by atoms with Crippen LogP contribution in [0, 0.1) is 23.2 Å². The largest absolute Gasteiger partial charge is 0.504 e. The number of aliphatic hydroxyl groups is 1. The molecule has 4 bridgehead atoms. The molecule has 7 atom stereocenters. The average Bonchev–Trinajstić information content (AvgIpc) is 3.39. The van der Waals surface area contributed by atoms with Crippen molar-refractivity contribution < 1.29 is 19.7 Å². The minimum absolute atomic E-state index is 0.0452. The van der Waals surface area contributed by atoms with Gasteiger partial charge in [-0.05, 0) is 88.3 Å². The molecule has 8 aliphatic rings. The summed E-state index contributed by atoms with van der Waals surface area (Å²) in [5.74, 6) is 2.55. The van der Waals surface area contributed by atoms with E-state index in [0.29, 0.717) is 12.0 Å². The number of ether oxygens (including phenoxy) is 2. The second-order valence-electron chi connectivity index (χ2n) is 14.1. The highest BCUT2D eigenvalue weighted by atomic mass is 16.6. The number of aromatic hydroxyl groups is 1. The number of nitrogens with zero attached hydrogens (tertiary/aromatic N) is 1. The van der Waals surface area contributed by atoms with Crippen molar-refractivity contribution in [2.24, 2.45) is 23.2 Å². The normalized spacial score (nSPS) is 44.4. The summed E-state index contributed by atoms with van der Waals surface area (Å²) in [6.45, 7) is 4.46. The van der Waals surface area contributed by atoms with Crippen LogP contribution in [0.25, 0.3) is 0 Å². The van der Waals surface area contributed by atoms with Crippen LogP contribution in [0.3, 0.4) is 0 Å². The van der Waals surface area contributed by atoms with Crippen LogP contribution in [0.4, 0.5) is 0 Å². The van der Waals surface area contributed by atoms with Crippen molar-refractivity contribution in [3.63, 3.8) is 0 Å². The Labute approximate surface area is 215 Å². The Morgan fingerprint density at radius 1 is 1.11 bits per heavy atom. The van der Waals surface area contributed by atoms with Gasteiger partial charge in [-0.3, -0.25) is 4.90 Å². The summed E-state index contributed by atoms with van der Waals surface area (Å²) < 4.78 is 13.6. The van der Waals surface area contributed by atoms with Gasteiger partial charge in [-0.15, -0.1) is 0 Å². The Morgan fingerprint density at radius 2 is 1.92 bits per heavy atom. The lowest BCUT2D eigenvalue weighted by Crippen LogP contribution is -2.82. The molecule has 1 aromatic carbocycles. The van der Waals surface area contributed by atoms with Crippen LogP contribution in [0.2, 0.25) is 0 Å². The summed E-state index contributed by atoms with van der Waals surface area (Å²) in [7, 11) is 1.86. The van der Waals surface area contributed by atoms with Crippen molar-refractivity contribution in [3.05, 3.63) is 23.3 Å². The van der Waals surface area contributed by atoms with Gasteiger partial charge in [-0.25, -0.2) is 0 Å². The maximum absolute atomic E-state index is 12.3. The van der Waals surface area contributed by atoms with E-state index < -0.39 is 11.2 Å². The van der Waals surface area contributed by atoms with Gasteiger partial charge in [0.05, 0.1) is 5.60 Å². The molecule has 0 amide bonds.